The molecule has 3 rings (SSSR count). The van der Waals surface area contributed by atoms with E-state index in [4.69, 9.17) is 25.6 Å². The Bertz CT molecular complexity index is 992. The fourth-order valence-electron chi connectivity index (χ4n) is 2.38. The summed E-state index contributed by atoms with van der Waals surface area (Å²) in [6, 6.07) is 11.6. The number of methoxy groups -OCH3 is 2. The maximum Gasteiger partial charge on any atom is 0.387 e. The largest absolute Gasteiger partial charge is 0.497 e. The molecule has 0 atom stereocenters. The topological polar surface area (TPSA) is 66.6 Å². The molecule has 146 valence electrons. The highest BCUT2D eigenvalue weighted by molar-refractivity contribution is 6.50. The van der Waals surface area contributed by atoms with E-state index in [1.54, 1.807) is 43.5 Å². The first kappa shape index (κ1) is 19.6. The number of hydrogen-bond donors (Lipinski definition) is 0. The smallest absolute Gasteiger partial charge is 0.387 e. The van der Waals surface area contributed by atoms with Crippen LogP contribution < -0.4 is 14.2 Å². The minimum absolute atomic E-state index is 0.0797. The molecule has 0 aliphatic rings. The van der Waals surface area contributed by atoms with Crippen LogP contribution >= 0.6 is 11.6 Å². The van der Waals surface area contributed by atoms with E-state index in [-0.39, 0.29) is 22.4 Å². The third kappa shape index (κ3) is 4.58. The van der Waals surface area contributed by atoms with Gasteiger partial charge in [-0.2, -0.15) is 13.8 Å². The van der Waals surface area contributed by atoms with Crippen LogP contribution in [0.15, 0.2) is 47.0 Å². The molecule has 0 unspecified atom stereocenters. The standard InChI is InChI=1S/C19H15ClF2N2O4/c1-25-13-5-3-4-12(10-13)17-23-18(28-24-17)14(20)8-11-6-7-15(27-19(21)22)16(9-11)26-2/h3-10,19H,1-2H3/b14-8-. The van der Waals surface area contributed by atoms with Crippen LogP contribution in [0.25, 0.3) is 22.5 Å². The summed E-state index contributed by atoms with van der Waals surface area (Å²) in [7, 11) is 2.91. The fraction of sp³-hybridized carbons (Fsp3) is 0.158. The van der Waals surface area contributed by atoms with Gasteiger partial charge in [-0.15, -0.1) is 0 Å². The van der Waals surface area contributed by atoms with Crippen molar-refractivity contribution in [2.75, 3.05) is 14.2 Å². The maximum absolute atomic E-state index is 12.4. The lowest BCUT2D eigenvalue weighted by molar-refractivity contribution is -0.0512. The Morgan fingerprint density at radius 1 is 1.11 bits per heavy atom. The number of alkyl halides is 2. The molecule has 0 spiro atoms. The van der Waals surface area contributed by atoms with E-state index in [1.807, 2.05) is 0 Å². The number of nitrogens with zero attached hydrogens (tertiary/aromatic N) is 2. The molecule has 1 aromatic heterocycles. The van der Waals surface area contributed by atoms with E-state index in [1.165, 1.54) is 19.2 Å². The summed E-state index contributed by atoms with van der Waals surface area (Å²) in [5.74, 6) is 1.17. The number of halogens is 3. The van der Waals surface area contributed by atoms with E-state index >= 15 is 0 Å². The van der Waals surface area contributed by atoms with Crippen LogP contribution in [0.4, 0.5) is 8.78 Å². The molecule has 0 N–H and O–H groups in total. The van der Waals surface area contributed by atoms with E-state index in [9.17, 15) is 8.78 Å². The molecule has 9 heteroatoms. The van der Waals surface area contributed by atoms with Crippen LogP contribution in [0, 0.1) is 0 Å². The Balaban J connectivity index is 1.85. The summed E-state index contributed by atoms with van der Waals surface area (Å²) in [5.41, 5.74) is 1.28. The van der Waals surface area contributed by atoms with Gasteiger partial charge in [-0.25, -0.2) is 0 Å². The van der Waals surface area contributed by atoms with Crippen molar-refractivity contribution in [1.29, 1.82) is 0 Å². The lowest BCUT2D eigenvalue weighted by Crippen LogP contribution is -2.03. The van der Waals surface area contributed by atoms with Crippen LogP contribution in [0.5, 0.6) is 17.2 Å². The van der Waals surface area contributed by atoms with Gasteiger partial charge in [0.1, 0.15) is 10.8 Å². The van der Waals surface area contributed by atoms with Crippen molar-refractivity contribution in [1.82, 2.24) is 10.1 Å². The van der Waals surface area contributed by atoms with Gasteiger partial charge in [0.2, 0.25) is 5.82 Å². The molecule has 0 aliphatic carbocycles. The van der Waals surface area contributed by atoms with Crippen molar-refractivity contribution in [3.8, 4) is 28.6 Å². The van der Waals surface area contributed by atoms with E-state index in [0.29, 0.717) is 22.7 Å². The van der Waals surface area contributed by atoms with Crippen molar-refractivity contribution >= 4 is 22.7 Å². The molecule has 0 saturated carbocycles. The third-order valence-electron chi connectivity index (χ3n) is 3.66. The van der Waals surface area contributed by atoms with Crippen molar-refractivity contribution < 1.29 is 27.5 Å². The molecule has 0 aliphatic heterocycles. The predicted molar refractivity (Wildman–Crippen MR) is 99.6 cm³/mol. The number of ether oxygens (including phenoxy) is 3. The minimum Gasteiger partial charge on any atom is -0.497 e. The molecule has 0 saturated heterocycles. The first-order chi connectivity index (χ1) is 13.5. The molecule has 0 bridgehead atoms. The van der Waals surface area contributed by atoms with Gasteiger partial charge in [0.15, 0.2) is 11.5 Å². The van der Waals surface area contributed by atoms with Crippen molar-refractivity contribution in [3.63, 3.8) is 0 Å². The number of aromatic nitrogens is 2. The fourth-order valence-corrected chi connectivity index (χ4v) is 2.58. The summed E-state index contributed by atoms with van der Waals surface area (Å²) in [6.45, 7) is -2.95. The average Bonchev–Trinajstić information content (AvgIpc) is 3.19. The van der Waals surface area contributed by atoms with Crippen LogP contribution in [0.1, 0.15) is 11.5 Å². The van der Waals surface area contributed by atoms with Gasteiger partial charge in [-0.1, -0.05) is 35.0 Å². The monoisotopic (exact) mass is 408 g/mol. The summed E-state index contributed by atoms with van der Waals surface area (Å²) in [6.07, 6.45) is 1.54. The maximum atomic E-state index is 12.4. The van der Waals surface area contributed by atoms with Gasteiger partial charge in [-0.05, 0) is 35.9 Å². The molecular formula is C19H15ClF2N2O4. The Morgan fingerprint density at radius 3 is 2.64 bits per heavy atom. The highest BCUT2D eigenvalue weighted by Crippen LogP contribution is 2.32. The highest BCUT2D eigenvalue weighted by atomic mass is 35.5. The number of benzene rings is 2. The lowest BCUT2D eigenvalue weighted by Gasteiger charge is -2.10. The second-order valence-electron chi connectivity index (χ2n) is 5.44. The molecule has 0 fully saturated rings. The normalized spacial score (nSPS) is 11.6. The molecule has 1 heterocycles. The summed E-state index contributed by atoms with van der Waals surface area (Å²) in [5, 5.41) is 4.08. The molecule has 3 aromatic rings. The molecule has 2 aromatic carbocycles. The van der Waals surface area contributed by atoms with Gasteiger partial charge < -0.3 is 18.7 Å². The summed E-state index contributed by atoms with van der Waals surface area (Å²) >= 11 is 6.27. The van der Waals surface area contributed by atoms with E-state index < -0.39 is 6.61 Å². The van der Waals surface area contributed by atoms with Crippen molar-refractivity contribution in [2.45, 2.75) is 6.61 Å². The first-order valence-electron chi connectivity index (χ1n) is 7.98. The quantitative estimate of drug-likeness (QED) is 0.542. The second-order valence-corrected chi connectivity index (χ2v) is 5.84. The highest BCUT2D eigenvalue weighted by Gasteiger charge is 2.14. The Morgan fingerprint density at radius 2 is 1.93 bits per heavy atom. The Hall–Kier alpha value is -3.13. The zero-order valence-corrected chi connectivity index (χ0v) is 15.6. The zero-order chi connectivity index (χ0) is 20.1. The van der Waals surface area contributed by atoms with Crippen molar-refractivity contribution in [2.24, 2.45) is 0 Å². The van der Waals surface area contributed by atoms with Gasteiger partial charge >= 0.3 is 6.61 Å². The van der Waals surface area contributed by atoms with Crippen LogP contribution in [0.3, 0.4) is 0 Å². The summed E-state index contributed by atoms with van der Waals surface area (Å²) in [4.78, 5) is 4.26. The average molecular weight is 409 g/mol. The molecule has 28 heavy (non-hydrogen) atoms. The molecular weight excluding hydrogens is 394 g/mol. The number of hydrogen-bond acceptors (Lipinski definition) is 6. The van der Waals surface area contributed by atoms with Crippen molar-refractivity contribution in [3.05, 3.63) is 53.9 Å². The predicted octanol–water partition coefficient (Wildman–Crippen LogP) is 5.09. The van der Waals surface area contributed by atoms with Crippen LogP contribution in [-0.2, 0) is 0 Å². The minimum atomic E-state index is -2.95. The lowest BCUT2D eigenvalue weighted by atomic mass is 10.2. The third-order valence-corrected chi connectivity index (χ3v) is 3.93. The van der Waals surface area contributed by atoms with Gasteiger partial charge in [0.25, 0.3) is 5.89 Å². The molecule has 6 nitrogen and oxygen atoms in total. The Labute approximate surface area is 164 Å². The molecule has 0 amide bonds. The number of rotatable bonds is 7. The zero-order valence-electron chi connectivity index (χ0n) is 14.9. The van der Waals surface area contributed by atoms with Crippen LogP contribution in [-0.4, -0.2) is 31.0 Å². The molecule has 0 radical (unpaired) electrons. The van der Waals surface area contributed by atoms with Gasteiger partial charge in [0.05, 0.1) is 14.2 Å². The van der Waals surface area contributed by atoms with Gasteiger partial charge in [-0.3, -0.25) is 0 Å². The van der Waals surface area contributed by atoms with Gasteiger partial charge in [0, 0.05) is 5.56 Å². The van der Waals surface area contributed by atoms with Crippen LogP contribution in [0.2, 0.25) is 0 Å². The SMILES string of the molecule is COc1cccc(-c2noc(/C(Cl)=C/c3ccc(OC(F)F)c(OC)c3)n2)c1. The van der Waals surface area contributed by atoms with E-state index in [2.05, 4.69) is 14.9 Å². The second kappa shape index (κ2) is 8.71. The summed E-state index contributed by atoms with van der Waals surface area (Å²) < 4.78 is 44.7. The first-order valence-corrected chi connectivity index (χ1v) is 8.36. The Kier molecular flexibility index (Phi) is 6.10. The van der Waals surface area contributed by atoms with E-state index in [0.717, 1.165) is 0 Å².